The van der Waals surface area contributed by atoms with Crippen molar-refractivity contribution >= 4 is 56.6 Å². The summed E-state index contributed by atoms with van der Waals surface area (Å²) in [5.41, 5.74) is 0. The Labute approximate surface area is 247 Å². The van der Waals surface area contributed by atoms with Gasteiger partial charge in [-0.1, -0.05) is 32.4 Å². The van der Waals surface area contributed by atoms with Crippen LogP contribution in [0.3, 0.4) is 0 Å². The average Bonchev–Trinajstić information content (AvgIpc) is 3.66. The summed E-state index contributed by atoms with van der Waals surface area (Å²) >= 11 is 7.16. The first kappa shape index (κ1) is 31.2. The minimum Gasteiger partial charge on any atom is -0.337 e. The molecule has 0 aliphatic carbocycles. The van der Waals surface area contributed by atoms with Gasteiger partial charge < -0.3 is 14.7 Å². The maximum Gasteiger partial charge on any atom is 0.242 e. The van der Waals surface area contributed by atoms with Crippen LogP contribution < -0.4 is 4.72 Å². The van der Waals surface area contributed by atoms with Crippen LogP contribution in [-0.4, -0.2) is 92.1 Å². The van der Waals surface area contributed by atoms with Crippen molar-refractivity contribution in [2.75, 3.05) is 39.3 Å². The molecule has 3 aliphatic heterocycles. The number of nitrogens with one attached hydrogen (secondary N) is 1. The molecule has 222 valence electrons. The van der Waals surface area contributed by atoms with Gasteiger partial charge >= 0.3 is 0 Å². The summed E-state index contributed by atoms with van der Waals surface area (Å²) in [6, 6.07) is 2.61. The summed E-state index contributed by atoms with van der Waals surface area (Å²) in [5, 5.41) is 1.05. The lowest BCUT2D eigenvalue weighted by Gasteiger charge is -2.34. The third-order valence-corrected chi connectivity index (χ3v) is 10.7. The van der Waals surface area contributed by atoms with E-state index in [4.69, 9.17) is 11.6 Å². The van der Waals surface area contributed by atoms with E-state index in [1.54, 1.807) is 12.1 Å². The zero-order valence-corrected chi connectivity index (χ0v) is 25.9. The molecule has 0 spiro atoms. The Kier molecular flexibility index (Phi) is 10.5. The molecule has 4 rings (SSSR count). The predicted octanol–water partition coefficient (Wildman–Crippen LogP) is 3.46. The molecule has 1 N–H and O–H groups in total. The first-order valence-corrected chi connectivity index (χ1v) is 17.0. The lowest BCUT2D eigenvalue weighted by Crippen LogP contribution is -2.55. The lowest BCUT2D eigenvalue weighted by atomic mass is 9.85. The van der Waals surface area contributed by atoms with Crippen LogP contribution in [-0.2, 0) is 24.4 Å². The molecule has 4 heterocycles. The predicted molar refractivity (Wildman–Crippen MR) is 158 cm³/mol. The molecular weight excluding hydrogens is 572 g/mol. The van der Waals surface area contributed by atoms with Crippen molar-refractivity contribution in [1.82, 2.24) is 19.4 Å². The number of nitrogens with zero attached hydrogens (tertiary/aromatic N) is 3. The highest BCUT2D eigenvalue weighted by atomic mass is 35.5. The standard InChI is InChI=1S/C28H41ClN4O5S2/c1-19(2)27(35)20(3)21-10-14-31(16-21)17-22-6-4-13-33(22)26(34)18-32-12-5-7-24(28(32)36)30-40(37,38)15-11-23-8-9-25(29)39-23/h8-9,11,15,19-22,24,30H,4-7,10,12-14,16-18H2,1-3H3/b15-11+/t20?,21?,22-,24-/m0/s1. The van der Waals surface area contributed by atoms with Crippen LogP contribution in [0.5, 0.6) is 0 Å². The van der Waals surface area contributed by atoms with Gasteiger partial charge in [-0.2, -0.15) is 4.72 Å². The molecule has 0 saturated carbocycles. The Morgan fingerprint density at radius 1 is 1.12 bits per heavy atom. The van der Waals surface area contributed by atoms with Gasteiger partial charge in [0.2, 0.25) is 21.8 Å². The number of hydrogen-bond acceptors (Lipinski definition) is 7. The number of halogens is 1. The highest BCUT2D eigenvalue weighted by molar-refractivity contribution is 7.92. The van der Waals surface area contributed by atoms with E-state index in [1.807, 2.05) is 25.7 Å². The van der Waals surface area contributed by atoms with Gasteiger partial charge in [-0.3, -0.25) is 14.4 Å². The SMILES string of the molecule is CC(C)C(=O)C(C)C1CCN(C[C@@H]2CCCN2C(=O)CN2CCC[C@H](NS(=O)(=O)/C=C/c3ccc(Cl)s3)C2=O)C1. The fourth-order valence-electron chi connectivity index (χ4n) is 6.12. The minimum atomic E-state index is -3.85. The van der Waals surface area contributed by atoms with Crippen molar-refractivity contribution < 1.29 is 22.8 Å². The van der Waals surface area contributed by atoms with Crippen LogP contribution in [0.25, 0.3) is 6.08 Å². The molecule has 3 fully saturated rings. The molecule has 0 aromatic carbocycles. The van der Waals surface area contributed by atoms with Gasteiger partial charge in [-0.05, 0) is 62.8 Å². The summed E-state index contributed by atoms with van der Waals surface area (Å²) in [6.07, 6.45) is 5.30. The average molecular weight is 613 g/mol. The van der Waals surface area contributed by atoms with Gasteiger partial charge in [0, 0.05) is 54.3 Å². The van der Waals surface area contributed by atoms with Gasteiger partial charge in [0.15, 0.2) is 0 Å². The Morgan fingerprint density at radius 2 is 1.88 bits per heavy atom. The van der Waals surface area contributed by atoms with Crippen LogP contribution in [0.15, 0.2) is 17.5 Å². The number of carbonyl (C=O) groups is 3. The normalized spacial score (nSPS) is 25.4. The number of Topliss-reactive ketones (excluding diaryl/α,β-unsaturated/α-hetero) is 1. The van der Waals surface area contributed by atoms with Gasteiger partial charge in [-0.25, -0.2) is 8.42 Å². The number of sulfonamides is 1. The van der Waals surface area contributed by atoms with Crippen molar-refractivity contribution in [3.8, 4) is 0 Å². The van der Waals surface area contributed by atoms with Gasteiger partial charge in [0.05, 0.1) is 10.9 Å². The highest BCUT2D eigenvalue weighted by Crippen LogP contribution is 2.29. The van der Waals surface area contributed by atoms with Crippen molar-refractivity contribution in [3.63, 3.8) is 0 Å². The van der Waals surface area contributed by atoms with Gasteiger partial charge in [0.1, 0.15) is 11.8 Å². The van der Waals surface area contributed by atoms with Crippen LogP contribution in [0.4, 0.5) is 0 Å². The number of ketones is 1. The molecule has 9 nitrogen and oxygen atoms in total. The minimum absolute atomic E-state index is 0.0420. The molecule has 3 saturated heterocycles. The molecule has 40 heavy (non-hydrogen) atoms. The maximum atomic E-state index is 13.3. The summed E-state index contributed by atoms with van der Waals surface area (Å²) in [5.74, 6) is 0.309. The summed E-state index contributed by atoms with van der Waals surface area (Å²) in [4.78, 5) is 45.4. The number of piperidine rings is 1. The third kappa shape index (κ3) is 7.94. The number of amides is 2. The molecule has 2 amide bonds. The first-order chi connectivity index (χ1) is 18.9. The maximum absolute atomic E-state index is 13.3. The number of rotatable bonds is 11. The van der Waals surface area contributed by atoms with Crippen molar-refractivity contribution in [1.29, 1.82) is 0 Å². The van der Waals surface area contributed by atoms with E-state index in [1.165, 1.54) is 22.3 Å². The Balaban J connectivity index is 1.29. The second-order valence-corrected chi connectivity index (χ2v) is 14.9. The first-order valence-electron chi connectivity index (χ1n) is 14.2. The fourth-order valence-corrected chi connectivity index (χ4v) is 8.19. The van der Waals surface area contributed by atoms with Gasteiger partial charge in [-0.15, -0.1) is 11.3 Å². The molecule has 0 radical (unpaired) electrons. The highest BCUT2D eigenvalue weighted by Gasteiger charge is 2.38. The summed E-state index contributed by atoms with van der Waals surface area (Å²) in [7, 11) is -3.85. The molecule has 3 aliphatic rings. The smallest absolute Gasteiger partial charge is 0.242 e. The van der Waals surface area contributed by atoms with E-state index in [9.17, 15) is 22.8 Å². The number of hydrogen-bond donors (Lipinski definition) is 1. The van der Waals surface area contributed by atoms with Crippen LogP contribution in [0, 0.1) is 17.8 Å². The molecule has 2 unspecified atom stereocenters. The Bertz CT molecular complexity index is 1220. The van der Waals surface area contributed by atoms with E-state index in [-0.39, 0.29) is 36.2 Å². The van der Waals surface area contributed by atoms with E-state index >= 15 is 0 Å². The number of thiophene rings is 1. The monoisotopic (exact) mass is 612 g/mol. The largest absolute Gasteiger partial charge is 0.337 e. The van der Waals surface area contributed by atoms with Gasteiger partial charge in [0.25, 0.3) is 0 Å². The van der Waals surface area contributed by atoms with Crippen LogP contribution in [0.2, 0.25) is 4.34 Å². The summed E-state index contributed by atoms with van der Waals surface area (Å²) < 4.78 is 28.3. The zero-order chi connectivity index (χ0) is 29.0. The van der Waals surface area contributed by atoms with E-state index in [2.05, 4.69) is 9.62 Å². The zero-order valence-electron chi connectivity index (χ0n) is 23.6. The van der Waals surface area contributed by atoms with Crippen LogP contribution >= 0.6 is 22.9 Å². The molecule has 12 heteroatoms. The number of carbonyl (C=O) groups excluding carboxylic acids is 3. The third-order valence-electron chi connectivity index (χ3n) is 8.37. The molecule has 1 aromatic rings. The Hall–Kier alpha value is -1.79. The topological polar surface area (TPSA) is 107 Å². The van der Waals surface area contributed by atoms with Crippen molar-refractivity contribution in [2.24, 2.45) is 17.8 Å². The quantitative estimate of drug-likeness (QED) is 0.410. The number of likely N-dealkylation sites (tertiary alicyclic amines) is 3. The Morgan fingerprint density at radius 3 is 2.58 bits per heavy atom. The molecule has 4 atom stereocenters. The van der Waals surface area contributed by atoms with Crippen molar-refractivity contribution in [2.45, 2.75) is 65.0 Å². The second-order valence-electron chi connectivity index (χ2n) is 11.6. The lowest BCUT2D eigenvalue weighted by molar-refractivity contribution is -0.143. The fraction of sp³-hybridized carbons (Fsp3) is 0.679. The molecular formula is C28H41ClN4O5S2. The molecule has 0 bridgehead atoms. The van der Waals surface area contributed by atoms with E-state index in [0.29, 0.717) is 46.8 Å². The van der Waals surface area contributed by atoms with E-state index < -0.39 is 16.1 Å². The second kappa shape index (κ2) is 13.5. The van der Waals surface area contributed by atoms with Crippen LogP contribution in [0.1, 0.15) is 57.8 Å². The van der Waals surface area contributed by atoms with E-state index in [0.717, 1.165) is 44.3 Å². The van der Waals surface area contributed by atoms with Crippen molar-refractivity contribution in [3.05, 3.63) is 26.8 Å². The summed E-state index contributed by atoms with van der Waals surface area (Å²) in [6.45, 7) is 9.59. The molecule has 1 aromatic heterocycles.